The summed E-state index contributed by atoms with van der Waals surface area (Å²) >= 11 is 0. The molecule has 0 aromatic heterocycles. The molecule has 33 heavy (non-hydrogen) atoms. The summed E-state index contributed by atoms with van der Waals surface area (Å²) in [6.07, 6.45) is 3.42. The molecule has 0 aliphatic rings. The Morgan fingerprint density at radius 2 is 0.879 bits per heavy atom. The number of aliphatic hydroxyl groups is 3. The first-order valence-electron chi connectivity index (χ1n) is 9.31. The maximum absolute atomic E-state index is 9.60. The van der Waals surface area contributed by atoms with Crippen LogP contribution in [-0.2, 0) is 19.1 Å². The van der Waals surface area contributed by atoms with Gasteiger partial charge in [-0.25, -0.2) is 14.4 Å². The van der Waals surface area contributed by atoms with Crippen molar-refractivity contribution in [2.45, 2.75) is 27.7 Å². The molecule has 0 aliphatic heterocycles. The molecule has 192 valence electrons. The predicted molar refractivity (Wildman–Crippen MR) is 128 cm³/mol. The first kappa shape index (κ1) is 40.3. The van der Waals surface area contributed by atoms with E-state index >= 15 is 0 Å². The highest BCUT2D eigenvalue weighted by Crippen LogP contribution is 2.10. The van der Waals surface area contributed by atoms with Gasteiger partial charge in [-0.15, -0.1) is 13.2 Å². The van der Waals surface area contributed by atoms with Gasteiger partial charge in [0, 0.05) is 22.1 Å². The van der Waals surface area contributed by atoms with Crippen molar-refractivity contribution >= 4 is 17.9 Å². The van der Waals surface area contributed by atoms with Crippen LogP contribution in [0.25, 0.3) is 0 Å². The number of aliphatic hydroxyl groups excluding tert-OH is 3. The van der Waals surface area contributed by atoms with E-state index in [1.165, 1.54) is 20.8 Å². The molecule has 0 atom stereocenters. The Labute approximate surface area is 196 Å². The van der Waals surface area contributed by atoms with E-state index in [0.717, 1.165) is 0 Å². The molecule has 10 heteroatoms. The van der Waals surface area contributed by atoms with Crippen LogP contribution in [0.4, 0.5) is 0 Å². The normalized spacial score (nSPS) is 8.70. The molecular formula is C23H40O10. The molecule has 0 fully saturated rings. The van der Waals surface area contributed by atoms with Gasteiger partial charge in [-0.1, -0.05) is 38.8 Å². The zero-order valence-electron chi connectivity index (χ0n) is 20.0. The van der Waals surface area contributed by atoms with Crippen LogP contribution < -0.4 is 0 Å². The van der Waals surface area contributed by atoms with Crippen molar-refractivity contribution in [2.24, 2.45) is 5.41 Å². The lowest BCUT2D eigenvalue weighted by Crippen LogP contribution is -2.29. The van der Waals surface area contributed by atoms with E-state index in [2.05, 4.69) is 32.9 Å². The summed E-state index contributed by atoms with van der Waals surface area (Å²) in [5.74, 6) is -2.81. The monoisotopic (exact) mass is 476 g/mol. The number of hydrogen-bond donors (Lipinski definition) is 6. The summed E-state index contributed by atoms with van der Waals surface area (Å²) in [4.78, 5) is 28.8. The van der Waals surface area contributed by atoms with Crippen molar-refractivity contribution in [3.63, 3.8) is 0 Å². The fraction of sp³-hybridized carbons (Fsp3) is 0.435. The van der Waals surface area contributed by atoms with E-state index in [1.54, 1.807) is 19.1 Å². The number of ether oxygens (including phenoxy) is 1. The van der Waals surface area contributed by atoms with Crippen LogP contribution in [0.3, 0.4) is 0 Å². The third-order valence-electron chi connectivity index (χ3n) is 2.71. The molecule has 0 aromatic carbocycles. The van der Waals surface area contributed by atoms with Crippen molar-refractivity contribution < 1.29 is 49.8 Å². The Kier molecular flexibility index (Phi) is 33.0. The largest absolute Gasteiger partial charge is 0.478 e. The van der Waals surface area contributed by atoms with E-state index in [-0.39, 0.29) is 36.5 Å². The molecule has 0 bridgehead atoms. The minimum Gasteiger partial charge on any atom is -0.478 e. The molecule has 6 N–H and O–H groups in total. The Bertz CT molecular complexity index is 507. The molecule has 0 heterocycles. The number of carbonyl (C=O) groups is 3. The highest BCUT2D eigenvalue weighted by molar-refractivity contribution is 5.85. The van der Waals surface area contributed by atoms with Crippen LogP contribution in [0, 0.1) is 5.41 Å². The Morgan fingerprint density at radius 3 is 0.939 bits per heavy atom. The van der Waals surface area contributed by atoms with Gasteiger partial charge < -0.3 is 35.4 Å². The minimum atomic E-state index is -0.935. The zero-order valence-corrected chi connectivity index (χ0v) is 20.0. The van der Waals surface area contributed by atoms with Crippen molar-refractivity contribution in [2.75, 3.05) is 33.0 Å². The summed E-state index contributed by atoms with van der Waals surface area (Å²) in [5.41, 5.74) is -0.181. The SMILES string of the molecule is C=C(C)C(=O)O.C=C(C)C(=O)O.C=C(C)C(=O)O.C=CCOCC=C.CC(CO)(CO)CO. The molecule has 0 rings (SSSR count). The Morgan fingerprint density at radius 1 is 0.697 bits per heavy atom. The standard InChI is InChI=1S/C6H10O.C5H12O3.3C4H6O2/c1-3-5-7-6-4-2;1-5(2-6,3-7)4-8;3*1-3(2)4(5)6/h3-4H,1-2,5-6H2;6-8H,2-4H2,1H3;3*1H2,2H3,(H,5,6). The van der Waals surface area contributed by atoms with E-state index in [0.29, 0.717) is 13.2 Å². The lowest BCUT2D eigenvalue weighted by atomic mass is 9.95. The van der Waals surface area contributed by atoms with E-state index in [4.69, 9.17) is 35.4 Å². The number of aliphatic carboxylic acids is 3. The van der Waals surface area contributed by atoms with E-state index in [1.807, 2.05) is 0 Å². The molecule has 0 amide bonds. The van der Waals surface area contributed by atoms with Crippen LogP contribution in [0.2, 0.25) is 0 Å². The Hall–Kier alpha value is -3.05. The van der Waals surface area contributed by atoms with E-state index in [9.17, 15) is 14.4 Å². The van der Waals surface area contributed by atoms with Crippen LogP contribution in [0.15, 0.2) is 61.8 Å². The topological polar surface area (TPSA) is 182 Å². The summed E-state index contributed by atoms with van der Waals surface area (Å²) < 4.78 is 4.90. The van der Waals surface area contributed by atoms with Crippen molar-refractivity contribution in [1.29, 1.82) is 0 Å². The fourth-order valence-electron chi connectivity index (χ4n) is 0.385. The number of carboxylic acids is 3. The summed E-state index contributed by atoms with van der Waals surface area (Å²) in [6.45, 7) is 23.0. The van der Waals surface area contributed by atoms with Gasteiger partial charge in [-0.2, -0.15) is 0 Å². The predicted octanol–water partition coefficient (Wildman–Crippen LogP) is 2.29. The second-order valence-electron chi connectivity index (χ2n) is 6.66. The molecule has 0 spiro atoms. The van der Waals surface area contributed by atoms with Gasteiger partial charge in [-0.3, -0.25) is 0 Å². The molecule has 0 saturated carbocycles. The number of hydrogen-bond acceptors (Lipinski definition) is 7. The zero-order chi connectivity index (χ0) is 27.6. The van der Waals surface area contributed by atoms with Gasteiger partial charge in [0.25, 0.3) is 0 Å². The molecule has 0 aliphatic carbocycles. The first-order valence-corrected chi connectivity index (χ1v) is 9.31. The molecular weight excluding hydrogens is 436 g/mol. The smallest absolute Gasteiger partial charge is 0.330 e. The van der Waals surface area contributed by atoms with Crippen molar-refractivity contribution in [1.82, 2.24) is 0 Å². The second kappa shape index (κ2) is 27.0. The molecule has 10 nitrogen and oxygen atoms in total. The molecule has 0 radical (unpaired) electrons. The second-order valence-corrected chi connectivity index (χ2v) is 6.66. The van der Waals surface area contributed by atoms with Crippen molar-refractivity contribution in [3.05, 3.63) is 61.8 Å². The van der Waals surface area contributed by atoms with Gasteiger partial charge in [0.2, 0.25) is 0 Å². The average Bonchev–Trinajstić information content (AvgIpc) is 2.75. The third-order valence-corrected chi connectivity index (χ3v) is 2.71. The van der Waals surface area contributed by atoms with Gasteiger partial charge in [-0.05, 0) is 20.8 Å². The third kappa shape index (κ3) is 43.6. The molecule has 0 saturated heterocycles. The average molecular weight is 477 g/mol. The highest BCUT2D eigenvalue weighted by Gasteiger charge is 2.20. The van der Waals surface area contributed by atoms with Gasteiger partial charge in [0.1, 0.15) is 0 Å². The van der Waals surface area contributed by atoms with Gasteiger partial charge >= 0.3 is 17.9 Å². The van der Waals surface area contributed by atoms with Crippen molar-refractivity contribution in [3.8, 4) is 0 Å². The lowest BCUT2D eigenvalue weighted by Gasteiger charge is -2.20. The van der Waals surface area contributed by atoms with Gasteiger partial charge in [0.15, 0.2) is 0 Å². The fourth-order valence-corrected chi connectivity index (χ4v) is 0.385. The maximum atomic E-state index is 9.60. The molecule has 0 aromatic rings. The number of carboxylic acid groups (broad SMARTS) is 3. The van der Waals surface area contributed by atoms with Crippen LogP contribution in [0.1, 0.15) is 27.7 Å². The summed E-state index contributed by atoms with van der Waals surface area (Å²) in [5, 5.41) is 49.1. The minimum absolute atomic E-state index is 0.176. The van der Waals surface area contributed by atoms with E-state index < -0.39 is 23.3 Å². The molecule has 0 unspecified atom stereocenters. The van der Waals surface area contributed by atoms with Crippen LogP contribution >= 0.6 is 0 Å². The summed E-state index contributed by atoms with van der Waals surface area (Å²) in [6, 6.07) is 0. The first-order chi connectivity index (χ1) is 15.0. The lowest BCUT2D eigenvalue weighted by molar-refractivity contribution is -0.133. The summed E-state index contributed by atoms with van der Waals surface area (Å²) in [7, 11) is 0. The quantitative estimate of drug-likeness (QED) is 0.155. The Balaban J connectivity index is -0.0000000995. The maximum Gasteiger partial charge on any atom is 0.330 e. The van der Waals surface area contributed by atoms with Crippen LogP contribution in [0.5, 0.6) is 0 Å². The highest BCUT2D eigenvalue weighted by atomic mass is 16.5. The number of rotatable bonds is 10. The van der Waals surface area contributed by atoms with Crippen LogP contribution in [-0.4, -0.2) is 81.6 Å². The van der Waals surface area contributed by atoms with Gasteiger partial charge in [0.05, 0.1) is 33.0 Å².